The fourth-order valence-electron chi connectivity index (χ4n) is 2.42. The van der Waals surface area contributed by atoms with Crippen LogP contribution in [0, 0.1) is 12.7 Å². The van der Waals surface area contributed by atoms with E-state index in [1.807, 2.05) is 6.92 Å². The molecule has 27 heavy (non-hydrogen) atoms. The van der Waals surface area contributed by atoms with E-state index in [2.05, 4.69) is 5.32 Å². The predicted molar refractivity (Wildman–Crippen MR) is 99.9 cm³/mol. The molecule has 2 rings (SSSR count). The summed E-state index contributed by atoms with van der Waals surface area (Å²) >= 11 is 0. The largest absolute Gasteiger partial charge is 0.396 e. The van der Waals surface area contributed by atoms with Crippen LogP contribution in [-0.2, 0) is 21.4 Å². The van der Waals surface area contributed by atoms with Gasteiger partial charge in [-0.05, 0) is 31.5 Å². The average Bonchev–Trinajstić information content (AvgIpc) is 2.63. The first-order valence-corrected chi connectivity index (χ1v) is 9.96. The number of carbonyl (C=O) groups is 1. The van der Waals surface area contributed by atoms with Crippen LogP contribution < -0.4 is 5.32 Å². The monoisotopic (exact) mass is 394 g/mol. The first-order valence-electron chi connectivity index (χ1n) is 8.52. The Morgan fingerprint density at radius 1 is 1.15 bits per heavy atom. The second-order valence-corrected chi connectivity index (χ2v) is 8.04. The van der Waals surface area contributed by atoms with Gasteiger partial charge in [-0.15, -0.1) is 0 Å². The van der Waals surface area contributed by atoms with E-state index in [9.17, 15) is 17.6 Å². The van der Waals surface area contributed by atoms with Crippen molar-refractivity contribution in [2.75, 3.05) is 19.7 Å². The van der Waals surface area contributed by atoms with Crippen molar-refractivity contribution in [3.05, 3.63) is 65.5 Å². The van der Waals surface area contributed by atoms with Crippen LogP contribution in [0.1, 0.15) is 17.5 Å². The molecule has 0 aromatic heterocycles. The van der Waals surface area contributed by atoms with Crippen LogP contribution in [0.4, 0.5) is 4.39 Å². The molecule has 0 aliphatic heterocycles. The van der Waals surface area contributed by atoms with E-state index < -0.39 is 28.3 Å². The van der Waals surface area contributed by atoms with E-state index >= 15 is 0 Å². The third-order valence-corrected chi connectivity index (χ3v) is 5.75. The molecular weight excluding hydrogens is 371 g/mol. The number of nitrogens with zero attached hydrogens (tertiary/aromatic N) is 1. The summed E-state index contributed by atoms with van der Waals surface area (Å²) < 4.78 is 41.0. The summed E-state index contributed by atoms with van der Waals surface area (Å²) in [7, 11) is -4.00. The van der Waals surface area contributed by atoms with Gasteiger partial charge < -0.3 is 10.4 Å². The average molecular weight is 394 g/mol. The lowest BCUT2D eigenvalue weighted by Crippen LogP contribution is -2.40. The minimum atomic E-state index is -4.00. The third-order valence-electron chi connectivity index (χ3n) is 3.94. The minimum absolute atomic E-state index is 0.0348. The van der Waals surface area contributed by atoms with E-state index in [-0.39, 0.29) is 30.2 Å². The van der Waals surface area contributed by atoms with Gasteiger partial charge in [0.1, 0.15) is 5.82 Å². The molecule has 0 unspecified atom stereocenters. The van der Waals surface area contributed by atoms with Gasteiger partial charge in [-0.2, -0.15) is 4.31 Å². The number of hydrogen-bond donors (Lipinski definition) is 2. The van der Waals surface area contributed by atoms with Crippen molar-refractivity contribution in [3.8, 4) is 0 Å². The molecule has 6 nitrogen and oxygen atoms in total. The molecule has 0 radical (unpaired) electrons. The van der Waals surface area contributed by atoms with Gasteiger partial charge in [-0.1, -0.05) is 35.9 Å². The molecule has 2 aromatic rings. The van der Waals surface area contributed by atoms with Gasteiger partial charge in [-0.25, -0.2) is 12.8 Å². The van der Waals surface area contributed by atoms with E-state index in [4.69, 9.17) is 5.11 Å². The molecule has 2 aromatic carbocycles. The zero-order chi connectivity index (χ0) is 19.9. The van der Waals surface area contributed by atoms with Gasteiger partial charge in [0.25, 0.3) is 0 Å². The van der Waals surface area contributed by atoms with Crippen molar-refractivity contribution < 1.29 is 22.7 Å². The van der Waals surface area contributed by atoms with Gasteiger partial charge >= 0.3 is 0 Å². The molecule has 0 saturated carbocycles. The Kier molecular flexibility index (Phi) is 7.46. The summed E-state index contributed by atoms with van der Waals surface area (Å²) in [6.07, 6.45) is 0.365. The second-order valence-electron chi connectivity index (χ2n) is 6.10. The number of aryl methyl sites for hydroxylation is 1. The Bertz CT molecular complexity index is 870. The highest BCUT2D eigenvalue weighted by molar-refractivity contribution is 7.89. The number of amides is 1. The Morgan fingerprint density at radius 3 is 2.44 bits per heavy atom. The number of aliphatic hydroxyl groups excluding tert-OH is 1. The smallest absolute Gasteiger partial charge is 0.243 e. The third kappa shape index (κ3) is 5.85. The highest BCUT2D eigenvalue weighted by Gasteiger charge is 2.27. The number of benzene rings is 2. The maximum Gasteiger partial charge on any atom is 0.243 e. The number of carbonyl (C=O) groups excluding carboxylic acids is 1. The first kappa shape index (κ1) is 21.0. The van der Waals surface area contributed by atoms with Crippen LogP contribution in [-0.4, -0.2) is 43.4 Å². The van der Waals surface area contributed by atoms with Crippen LogP contribution in [0.25, 0.3) is 0 Å². The topological polar surface area (TPSA) is 86.7 Å². The molecule has 0 aliphatic rings. The number of nitrogens with one attached hydrogen (secondary N) is 1. The minimum Gasteiger partial charge on any atom is -0.396 e. The lowest BCUT2D eigenvalue weighted by atomic mass is 10.2. The molecular formula is C19H23FN2O4S. The highest BCUT2D eigenvalue weighted by Crippen LogP contribution is 2.20. The highest BCUT2D eigenvalue weighted by atomic mass is 32.2. The number of halogens is 1. The summed E-state index contributed by atoms with van der Waals surface area (Å²) in [6.45, 7) is 1.27. The van der Waals surface area contributed by atoms with Gasteiger partial charge in [0.05, 0.1) is 11.4 Å². The first-order chi connectivity index (χ1) is 12.8. The Morgan fingerprint density at radius 2 is 1.81 bits per heavy atom. The van der Waals surface area contributed by atoms with E-state index in [1.165, 1.54) is 30.3 Å². The Hall–Kier alpha value is -2.29. The maximum absolute atomic E-state index is 14.0. The van der Waals surface area contributed by atoms with Crippen LogP contribution in [0.5, 0.6) is 0 Å². The van der Waals surface area contributed by atoms with Gasteiger partial charge in [0.15, 0.2) is 0 Å². The Labute approximate surface area is 158 Å². The molecule has 1 amide bonds. The molecule has 146 valence electrons. The van der Waals surface area contributed by atoms with Crippen molar-refractivity contribution in [1.82, 2.24) is 9.62 Å². The quantitative estimate of drug-likeness (QED) is 0.635. The van der Waals surface area contributed by atoms with Crippen LogP contribution in [0.3, 0.4) is 0 Å². The summed E-state index contributed by atoms with van der Waals surface area (Å²) in [5.41, 5.74) is 1.08. The van der Waals surface area contributed by atoms with E-state index in [0.29, 0.717) is 6.42 Å². The van der Waals surface area contributed by atoms with Crippen molar-refractivity contribution in [2.24, 2.45) is 0 Å². The van der Waals surface area contributed by atoms with Crippen molar-refractivity contribution >= 4 is 15.9 Å². The number of hydrogen-bond acceptors (Lipinski definition) is 4. The second kappa shape index (κ2) is 9.59. The van der Waals surface area contributed by atoms with Crippen LogP contribution in [0.15, 0.2) is 53.4 Å². The number of rotatable bonds is 9. The van der Waals surface area contributed by atoms with Gasteiger partial charge in [0, 0.05) is 25.3 Å². The molecule has 0 heterocycles. The SMILES string of the molecule is Cc1ccc(S(=O)(=O)N(CC(=O)NCCCO)Cc2ccccc2F)cc1. The lowest BCUT2D eigenvalue weighted by Gasteiger charge is -2.22. The fourth-order valence-corrected chi connectivity index (χ4v) is 3.80. The molecule has 0 atom stereocenters. The molecule has 8 heteroatoms. The standard InChI is InChI=1S/C19H23FN2O4S/c1-15-7-9-17(10-8-15)27(25,26)22(14-19(24)21-11-4-12-23)13-16-5-2-3-6-18(16)20/h2-3,5-10,23H,4,11-14H2,1H3,(H,21,24). The maximum atomic E-state index is 14.0. The summed E-state index contributed by atoms with van der Waals surface area (Å²) in [5.74, 6) is -1.06. The van der Waals surface area contributed by atoms with Crippen molar-refractivity contribution in [1.29, 1.82) is 0 Å². The van der Waals surface area contributed by atoms with Gasteiger partial charge in [0.2, 0.25) is 15.9 Å². The number of sulfonamides is 1. The van der Waals surface area contributed by atoms with Crippen molar-refractivity contribution in [2.45, 2.75) is 24.8 Å². The summed E-state index contributed by atoms with van der Waals surface area (Å²) in [4.78, 5) is 12.2. The molecule has 0 saturated heterocycles. The molecule has 0 aliphatic carbocycles. The summed E-state index contributed by atoms with van der Waals surface area (Å²) in [6, 6.07) is 12.1. The molecule has 2 N–H and O–H groups in total. The van der Waals surface area contributed by atoms with E-state index in [0.717, 1.165) is 9.87 Å². The van der Waals surface area contributed by atoms with Crippen molar-refractivity contribution in [3.63, 3.8) is 0 Å². The van der Waals surface area contributed by atoms with Gasteiger partial charge in [-0.3, -0.25) is 4.79 Å². The van der Waals surface area contributed by atoms with Crippen LogP contribution in [0.2, 0.25) is 0 Å². The predicted octanol–water partition coefficient (Wildman–Crippen LogP) is 1.82. The zero-order valence-corrected chi connectivity index (χ0v) is 15.9. The lowest BCUT2D eigenvalue weighted by molar-refractivity contribution is -0.121. The summed E-state index contributed by atoms with van der Waals surface area (Å²) in [5, 5.41) is 11.3. The molecule has 0 fully saturated rings. The zero-order valence-electron chi connectivity index (χ0n) is 15.1. The molecule has 0 spiro atoms. The van der Waals surface area contributed by atoms with Crippen LogP contribution >= 0.6 is 0 Å². The molecule has 0 bridgehead atoms. The van der Waals surface area contributed by atoms with E-state index in [1.54, 1.807) is 18.2 Å². The fraction of sp³-hybridized carbons (Fsp3) is 0.316. The normalized spacial score (nSPS) is 11.6. The number of aliphatic hydroxyl groups is 1. The Balaban J connectivity index is 2.29.